The molecule has 1 aromatic carbocycles. The first-order valence-electron chi connectivity index (χ1n) is 6.45. The molecule has 1 heterocycles. The Bertz CT molecular complexity index is 387. The van der Waals surface area contributed by atoms with Crippen molar-refractivity contribution in [1.29, 1.82) is 0 Å². The molecular weight excluding hydrogens is 230 g/mol. The van der Waals surface area contributed by atoms with Crippen molar-refractivity contribution in [1.82, 2.24) is 0 Å². The van der Waals surface area contributed by atoms with Crippen molar-refractivity contribution >= 4 is 5.69 Å². The normalized spacial score (nSPS) is 19.2. The minimum atomic E-state index is 0.123. The van der Waals surface area contributed by atoms with E-state index in [9.17, 15) is 0 Å². The second-order valence-electron chi connectivity index (χ2n) is 4.85. The standard InChI is InChI=1S/C14H21NO3/c1-10(2)18-14-7-11(15)6-13(8-14)17-9-12-4-3-5-16-12/h6-8,10,12H,3-5,9,15H2,1-2H3. The minimum absolute atomic E-state index is 0.123. The maximum Gasteiger partial charge on any atom is 0.125 e. The molecule has 100 valence electrons. The fourth-order valence-electron chi connectivity index (χ4n) is 1.98. The Balaban J connectivity index is 1.96. The lowest BCUT2D eigenvalue weighted by Crippen LogP contribution is -2.16. The van der Waals surface area contributed by atoms with Gasteiger partial charge in [-0.3, -0.25) is 0 Å². The van der Waals surface area contributed by atoms with E-state index >= 15 is 0 Å². The van der Waals surface area contributed by atoms with Gasteiger partial charge in [0.15, 0.2) is 0 Å². The van der Waals surface area contributed by atoms with Crippen molar-refractivity contribution in [2.75, 3.05) is 18.9 Å². The molecule has 1 atom stereocenters. The SMILES string of the molecule is CC(C)Oc1cc(N)cc(OCC2CCCO2)c1. The van der Waals surface area contributed by atoms with Crippen molar-refractivity contribution in [3.8, 4) is 11.5 Å². The first-order valence-corrected chi connectivity index (χ1v) is 6.45. The first kappa shape index (κ1) is 13.0. The van der Waals surface area contributed by atoms with Crippen LogP contribution in [0.5, 0.6) is 11.5 Å². The monoisotopic (exact) mass is 251 g/mol. The number of anilines is 1. The molecule has 1 fully saturated rings. The number of ether oxygens (including phenoxy) is 3. The van der Waals surface area contributed by atoms with Gasteiger partial charge in [-0.1, -0.05) is 0 Å². The third-order valence-electron chi connectivity index (χ3n) is 2.73. The summed E-state index contributed by atoms with van der Waals surface area (Å²) in [4.78, 5) is 0. The Labute approximate surface area is 108 Å². The highest BCUT2D eigenvalue weighted by atomic mass is 16.5. The van der Waals surface area contributed by atoms with Crippen LogP contribution >= 0.6 is 0 Å². The molecule has 4 heteroatoms. The minimum Gasteiger partial charge on any atom is -0.491 e. The number of hydrogen-bond donors (Lipinski definition) is 1. The van der Waals surface area contributed by atoms with E-state index in [-0.39, 0.29) is 12.2 Å². The third kappa shape index (κ3) is 3.81. The summed E-state index contributed by atoms with van der Waals surface area (Å²) in [7, 11) is 0. The Kier molecular flexibility index (Phi) is 4.31. The van der Waals surface area contributed by atoms with E-state index in [4.69, 9.17) is 19.9 Å². The van der Waals surface area contributed by atoms with Gasteiger partial charge >= 0.3 is 0 Å². The van der Waals surface area contributed by atoms with Gasteiger partial charge in [-0.2, -0.15) is 0 Å². The molecule has 0 bridgehead atoms. The smallest absolute Gasteiger partial charge is 0.125 e. The number of rotatable bonds is 5. The third-order valence-corrected chi connectivity index (χ3v) is 2.73. The van der Waals surface area contributed by atoms with Gasteiger partial charge in [0.05, 0.1) is 12.2 Å². The largest absolute Gasteiger partial charge is 0.491 e. The molecule has 0 aromatic heterocycles. The zero-order valence-corrected chi connectivity index (χ0v) is 11.0. The van der Waals surface area contributed by atoms with E-state index in [1.54, 1.807) is 6.07 Å². The zero-order chi connectivity index (χ0) is 13.0. The van der Waals surface area contributed by atoms with Crippen LogP contribution in [0.4, 0.5) is 5.69 Å². The van der Waals surface area contributed by atoms with Gasteiger partial charge in [0.25, 0.3) is 0 Å². The van der Waals surface area contributed by atoms with E-state index in [1.807, 2.05) is 26.0 Å². The van der Waals surface area contributed by atoms with E-state index in [0.717, 1.165) is 30.9 Å². The van der Waals surface area contributed by atoms with Crippen LogP contribution in [0.15, 0.2) is 18.2 Å². The summed E-state index contributed by atoms with van der Waals surface area (Å²) in [5.41, 5.74) is 6.48. The van der Waals surface area contributed by atoms with Gasteiger partial charge in [-0.15, -0.1) is 0 Å². The molecule has 2 rings (SSSR count). The summed E-state index contributed by atoms with van der Waals surface area (Å²) in [5, 5.41) is 0. The van der Waals surface area contributed by atoms with E-state index in [1.165, 1.54) is 0 Å². The van der Waals surface area contributed by atoms with Gasteiger partial charge in [0.1, 0.15) is 18.1 Å². The fraction of sp³-hybridized carbons (Fsp3) is 0.571. The van der Waals surface area contributed by atoms with Crippen LogP contribution in [0.25, 0.3) is 0 Å². The van der Waals surface area contributed by atoms with Crippen molar-refractivity contribution in [2.24, 2.45) is 0 Å². The second-order valence-corrected chi connectivity index (χ2v) is 4.85. The molecule has 1 saturated heterocycles. The van der Waals surface area contributed by atoms with Gasteiger partial charge < -0.3 is 19.9 Å². The molecule has 1 aliphatic heterocycles. The van der Waals surface area contributed by atoms with E-state index in [2.05, 4.69) is 0 Å². The van der Waals surface area contributed by atoms with Crippen LogP contribution in [-0.4, -0.2) is 25.4 Å². The maximum atomic E-state index is 5.83. The van der Waals surface area contributed by atoms with Crippen LogP contribution < -0.4 is 15.2 Å². The molecule has 1 aliphatic rings. The van der Waals surface area contributed by atoms with Crippen LogP contribution in [0.3, 0.4) is 0 Å². The molecular formula is C14H21NO3. The first-order chi connectivity index (χ1) is 8.63. The van der Waals surface area contributed by atoms with Gasteiger partial charge in [-0.05, 0) is 26.7 Å². The highest BCUT2D eigenvalue weighted by molar-refractivity contribution is 5.50. The molecule has 4 nitrogen and oxygen atoms in total. The molecule has 0 amide bonds. The van der Waals surface area contributed by atoms with Crippen LogP contribution in [-0.2, 0) is 4.74 Å². The lowest BCUT2D eigenvalue weighted by atomic mass is 10.2. The molecule has 0 saturated carbocycles. The van der Waals surface area contributed by atoms with Crippen molar-refractivity contribution < 1.29 is 14.2 Å². The highest BCUT2D eigenvalue weighted by Gasteiger charge is 2.16. The number of benzene rings is 1. The second kappa shape index (κ2) is 5.96. The van der Waals surface area contributed by atoms with Crippen molar-refractivity contribution in [3.63, 3.8) is 0 Å². The molecule has 0 aliphatic carbocycles. The number of nitrogens with two attached hydrogens (primary N) is 1. The molecule has 1 aromatic rings. The summed E-state index contributed by atoms with van der Waals surface area (Å²) in [5.74, 6) is 1.48. The maximum absolute atomic E-state index is 5.83. The fourth-order valence-corrected chi connectivity index (χ4v) is 1.98. The lowest BCUT2D eigenvalue weighted by molar-refractivity contribution is 0.0678. The van der Waals surface area contributed by atoms with Crippen molar-refractivity contribution in [3.05, 3.63) is 18.2 Å². The van der Waals surface area contributed by atoms with Crippen LogP contribution in [0, 0.1) is 0 Å². The Morgan fingerprint density at radius 3 is 2.78 bits per heavy atom. The summed E-state index contributed by atoms with van der Waals surface area (Å²) in [6.07, 6.45) is 2.52. The lowest BCUT2D eigenvalue weighted by Gasteiger charge is -2.14. The summed E-state index contributed by atoms with van der Waals surface area (Å²) in [6.45, 7) is 5.38. The summed E-state index contributed by atoms with van der Waals surface area (Å²) < 4.78 is 16.8. The van der Waals surface area contributed by atoms with Gasteiger partial charge in [0.2, 0.25) is 0 Å². The van der Waals surface area contributed by atoms with Crippen molar-refractivity contribution in [2.45, 2.75) is 38.9 Å². The van der Waals surface area contributed by atoms with Gasteiger partial charge in [-0.25, -0.2) is 0 Å². The molecule has 0 radical (unpaired) electrons. The highest BCUT2D eigenvalue weighted by Crippen LogP contribution is 2.26. The number of hydrogen-bond acceptors (Lipinski definition) is 4. The molecule has 18 heavy (non-hydrogen) atoms. The molecule has 1 unspecified atom stereocenters. The average Bonchev–Trinajstić information content (AvgIpc) is 2.77. The van der Waals surface area contributed by atoms with Gasteiger partial charge in [0, 0.05) is 30.5 Å². The van der Waals surface area contributed by atoms with Crippen LogP contribution in [0.1, 0.15) is 26.7 Å². The van der Waals surface area contributed by atoms with E-state index in [0.29, 0.717) is 12.3 Å². The summed E-state index contributed by atoms with van der Waals surface area (Å²) in [6, 6.07) is 5.48. The molecule has 0 spiro atoms. The summed E-state index contributed by atoms with van der Waals surface area (Å²) >= 11 is 0. The Hall–Kier alpha value is -1.42. The number of nitrogen functional groups attached to an aromatic ring is 1. The predicted molar refractivity (Wildman–Crippen MR) is 71.1 cm³/mol. The van der Waals surface area contributed by atoms with E-state index < -0.39 is 0 Å². The predicted octanol–water partition coefficient (Wildman–Crippen LogP) is 2.61. The Morgan fingerprint density at radius 2 is 2.11 bits per heavy atom. The zero-order valence-electron chi connectivity index (χ0n) is 11.0. The topological polar surface area (TPSA) is 53.7 Å². The Morgan fingerprint density at radius 1 is 1.33 bits per heavy atom. The average molecular weight is 251 g/mol. The van der Waals surface area contributed by atoms with Crippen LogP contribution in [0.2, 0.25) is 0 Å². The quantitative estimate of drug-likeness (QED) is 0.817. The molecule has 2 N–H and O–H groups in total.